The van der Waals surface area contributed by atoms with Gasteiger partial charge in [0.2, 0.25) is 0 Å². The molecule has 1 aliphatic heterocycles. The van der Waals surface area contributed by atoms with Crippen LogP contribution in [0.5, 0.6) is 0 Å². The Hall–Kier alpha value is -1.62. The van der Waals surface area contributed by atoms with Gasteiger partial charge in [-0.25, -0.2) is 9.18 Å². The highest BCUT2D eigenvalue weighted by molar-refractivity contribution is 5.76. The number of carbonyl (C=O) groups excluding carboxylic acids is 1. The van der Waals surface area contributed by atoms with Crippen LogP contribution >= 0.6 is 0 Å². The van der Waals surface area contributed by atoms with Gasteiger partial charge in [0.1, 0.15) is 5.82 Å². The molecule has 4 nitrogen and oxygen atoms in total. The SMILES string of the molecule is NC1CCN(C(=O)NC2(c3cccc(F)c3)CC2)CC1. The number of nitrogens with one attached hydrogen (secondary N) is 1. The zero-order chi connectivity index (χ0) is 14.2. The van der Waals surface area contributed by atoms with Gasteiger partial charge >= 0.3 is 6.03 Å². The zero-order valence-electron chi connectivity index (χ0n) is 11.4. The lowest BCUT2D eigenvalue weighted by atomic mass is 10.0. The highest BCUT2D eigenvalue weighted by Crippen LogP contribution is 2.45. The van der Waals surface area contributed by atoms with Crippen LogP contribution in [0, 0.1) is 5.82 Å². The first-order valence-corrected chi connectivity index (χ1v) is 7.18. The third-order valence-electron chi connectivity index (χ3n) is 4.30. The topological polar surface area (TPSA) is 58.4 Å². The van der Waals surface area contributed by atoms with Crippen molar-refractivity contribution in [1.82, 2.24) is 10.2 Å². The molecule has 1 aromatic rings. The van der Waals surface area contributed by atoms with E-state index in [0.717, 1.165) is 31.2 Å². The number of nitrogens with two attached hydrogens (primary N) is 1. The second-order valence-electron chi connectivity index (χ2n) is 5.85. The number of benzene rings is 1. The number of hydrogen-bond donors (Lipinski definition) is 2. The summed E-state index contributed by atoms with van der Waals surface area (Å²) in [5.74, 6) is -0.257. The molecule has 3 rings (SSSR count). The second-order valence-corrected chi connectivity index (χ2v) is 5.85. The largest absolute Gasteiger partial charge is 0.328 e. The van der Waals surface area contributed by atoms with Gasteiger partial charge in [0.05, 0.1) is 5.54 Å². The lowest BCUT2D eigenvalue weighted by Crippen LogP contribution is -2.49. The zero-order valence-corrected chi connectivity index (χ0v) is 11.4. The highest BCUT2D eigenvalue weighted by atomic mass is 19.1. The van der Waals surface area contributed by atoms with Crippen LogP contribution in [0.15, 0.2) is 24.3 Å². The van der Waals surface area contributed by atoms with Crippen LogP contribution in [0.4, 0.5) is 9.18 Å². The standard InChI is InChI=1S/C15H20FN3O/c16-12-3-1-2-11(10-12)15(6-7-15)18-14(20)19-8-4-13(17)5-9-19/h1-3,10,13H,4-9,17H2,(H,18,20). The molecule has 20 heavy (non-hydrogen) atoms. The van der Waals surface area contributed by atoms with Crippen molar-refractivity contribution in [3.63, 3.8) is 0 Å². The average molecular weight is 277 g/mol. The summed E-state index contributed by atoms with van der Waals surface area (Å²) in [5, 5.41) is 3.07. The molecule has 1 heterocycles. The number of halogens is 1. The molecule has 108 valence electrons. The van der Waals surface area contributed by atoms with Gasteiger partial charge in [-0.3, -0.25) is 0 Å². The van der Waals surface area contributed by atoms with Gasteiger partial charge in [-0.2, -0.15) is 0 Å². The van der Waals surface area contributed by atoms with Gasteiger partial charge < -0.3 is 16.0 Å². The smallest absolute Gasteiger partial charge is 0.318 e. The van der Waals surface area contributed by atoms with Gasteiger partial charge in [-0.05, 0) is 43.4 Å². The summed E-state index contributed by atoms with van der Waals surface area (Å²) in [5.41, 5.74) is 6.34. The molecule has 2 aliphatic rings. The van der Waals surface area contributed by atoms with E-state index in [2.05, 4.69) is 5.32 Å². The van der Waals surface area contributed by atoms with E-state index in [0.29, 0.717) is 13.1 Å². The van der Waals surface area contributed by atoms with E-state index >= 15 is 0 Å². The molecule has 0 unspecified atom stereocenters. The minimum absolute atomic E-state index is 0.0568. The number of urea groups is 1. The summed E-state index contributed by atoms with van der Waals surface area (Å²) in [6.07, 6.45) is 3.44. The van der Waals surface area contributed by atoms with Crippen LogP contribution in [-0.2, 0) is 5.54 Å². The second kappa shape index (κ2) is 5.05. The molecule has 0 radical (unpaired) electrons. The lowest BCUT2D eigenvalue weighted by Gasteiger charge is -2.32. The number of hydrogen-bond acceptors (Lipinski definition) is 2. The summed E-state index contributed by atoms with van der Waals surface area (Å²) in [7, 11) is 0. The van der Waals surface area contributed by atoms with E-state index in [9.17, 15) is 9.18 Å². The van der Waals surface area contributed by atoms with Gasteiger partial charge in [-0.15, -0.1) is 0 Å². The van der Waals surface area contributed by atoms with Crippen molar-refractivity contribution in [1.29, 1.82) is 0 Å². The summed E-state index contributed by atoms with van der Waals surface area (Å²) in [4.78, 5) is 14.1. The minimum atomic E-state index is -0.362. The molecule has 0 atom stereocenters. The Bertz CT molecular complexity index is 508. The number of piperidine rings is 1. The first kappa shape index (κ1) is 13.4. The molecule has 3 N–H and O–H groups in total. The fourth-order valence-corrected chi connectivity index (χ4v) is 2.78. The summed E-state index contributed by atoms with van der Waals surface area (Å²) in [6.45, 7) is 1.40. The fraction of sp³-hybridized carbons (Fsp3) is 0.533. The molecule has 5 heteroatoms. The van der Waals surface area contributed by atoms with Gasteiger partial charge in [0.15, 0.2) is 0 Å². The Labute approximate surface area is 118 Å². The number of rotatable bonds is 2. The number of nitrogens with zero attached hydrogens (tertiary/aromatic N) is 1. The average Bonchev–Trinajstić information content (AvgIpc) is 3.20. The summed E-state index contributed by atoms with van der Waals surface area (Å²) < 4.78 is 13.3. The molecule has 0 spiro atoms. The first-order valence-electron chi connectivity index (χ1n) is 7.18. The molecule has 1 saturated carbocycles. The maximum Gasteiger partial charge on any atom is 0.318 e. The Balaban J connectivity index is 1.66. The number of likely N-dealkylation sites (tertiary alicyclic amines) is 1. The maximum atomic E-state index is 13.3. The Kier molecular flexibility index (Phi) is 3.38. The van der Waals surface area contributed by atoms with Crippen molar-refractivity contribution in [3.05, 3.63) is 35.6 Å². The first-order chi connectivity index (χ1) is 9.59. The van der Waals surface area contributed by atoms with Crippen molar-refractivity contribution in [2.24, 2.45) is 5.73 Å². The number of carbonyl (C=O) groups is 1. The Morgan fingerprint density at radius 2 is 2.05 bits per heavy atom. The Morgan fingerprint density at radius 3 is 2.65 bits per heavy atom. The molecule has 2 amide bonds. The monoisotopic (exact) mass is 277 g/mol. The lowest BCUT2D eigenvalue weighted by molar-refractivity contribution is 0.176. The quantitative estimate of drug-likeness (QED) is 0.868. The Morgan fingerprint density at radius 1 is 1.35 bits per heavy atom. The van der Waals surface area contributed by atoms with Crippen LogP contribution < -0.4 is 11.1 Å². The molecule has 2 fully saturated rings. The van der Waals surface area contributed by atoms with Crippen LogP contribution in [0.25, 0.3) is 0 Å². The fourth-order valence-electron chi connectivity index (χ4n) is 2.78. The molecule has 1 aliphatic carbocycles. The molecule has 1 aromatic carbocycles. The number of amides is 2. The predicted molar refractivity (Wildman–Crippen MR) is 74.6 cm³/mol. The van der Waals surface area contributed by atoms with Gasteiger partial charge in [-0.1, -0.05) is 12.1 Å². The van der Waals surface area contributed by atoms with E-state index in [1.807, 2.05) is 11.0 Å². The van der Waals surface area contributed by atoms with E-state index in [1.165, 1.54) is 12.1 Å². The normalized spacial score (nSPS) is 21.6. The van der Waals surface area contributed by atoms with Crippen molar-refractivity contribution < 1.29 is 9.18 Å². The molecule has 1 saturated heterocycles. The van der Waals surface area contributed by atoms with Crippen molar-refractivity contribution >= 4 is 6.03 Å². The van der Waals surface area contributed by atoms with Crippen LogP contribution in [-0.4, -0.2) is 30.1 Å². The highest BCUT2D eigenvalue weighted by Gasteiger charge is 2.46. The van der Waals surface area contributed by atoms with E-state index in [1.54, 1.807) is 6.07 Å². The third kappa shape index (κ3) is 2.63. The van der Waals surface area contributed by atoms with Crippen LogP contribution in [0.3, 0.4) is 0 Å². The van der Waals surface area contributed by atoms with Crippen LogP contribution in [0.2, 0.25) is 0 Å². The molecule has 0 aromatic heterocycles. The van der Waals surface area contributed by atoms with E-state index in [4.69, 9.17) is 5.73 Å². The van der Waals surface area contributed by atoms with E-state index in [-0.39, 0.29) is 23.4 Å². The van der Waals surface area contributed by atoms with Crippen molar-refractivity contribution in [2.45, 2.75) is 37.3 Å². The van der Waals surface area contributed by atoms with Crippen LogP contribution in [0.1, 0.15) is 31.2 Å². The van der Waals surface area contributed by atoms with Crippen molar-refractivity contribution in [3.8, 4) is 0 Å². The maximum absolute atomic E-state index is 13.3. The summed E-state index contributed by atoms with van der Waals surface area (Å²) in [6, 6.07) is 6.65. The van der Waals surface area contributed by atoms with Crippen molar-refractivity contribution in [2.75, 3.05) is 13.1 Å². The minimum Gasteiger partial charge on any atom is -0.328 e. The molecular formula is C15H20FN3O. The molecule has 0 bridgehead atoms. The third-order valence-corrected chi connectivity index (χ3v) is 4.30. The predicted octanol–water partition coefficient (Wildman–Crippen LogP) is 1.95. The summed E-state index contributed by atoms with van der Waals surface area (Å²) >= 11 is 0. The van der Waals surface area contributed by atoms with E-state index < -0.39 is 0 Å². The molecular weight excluding hydrogens is 257 g/mol. The van der Waals surface area contributed by atoms with Gasteiger partial charge in [0, 0.05) is 19.1 Å². The van der Waals surface area contributed by atoms with Gasteiger partial charge in [0.25, 0.3) is 0 Å².